The molecule has 0 heterocycles. The maximum atomic E-state index is 12.9. The average Bonchev–Trinajstić information content (AvgIpc) is 3.41. The standard InChI is InChI=1S/C69H124O6/c1-4-7-10-13-16-18-20-22-24-26-28-30-32-34-36-38-40-42-44-46-48-50-53-56-59-62-68(71)74-65-66(64-73-67(70)61-58-55-52-15-12-9-6-3)75-69(72)63-60-57-54-51-49-47-45-43-41-39-37-35-33-31-29-27-25-23-21-19-17-14-11-8-5-2/h20-23,26-29,32,34,66H,4-19,24-25,30-31,33,35-65H2,1-3H3/b22-20-,23-21-,28-26-,29-27-,34-32-. The van der Waals surface area contributed by atoms with Crippen LogP contribution in [0.25, 0.3) is 0 Å². The van der Waals surface area contributed by atoms with Crippen LogP contribution in [-0.2, 0) is 28.6 Å². The van der Waals surface area contributed by atoms with E-state index >= 15 is 0 Å². The summed E-state index contributed by atoms with van der Waals surface area (Å²) in [4.78, 5) is 38.1. The zero-order valence-electron chi connectivity index (χ0n) is 50.1. The van der Waals surface area contributed by atoms with Gasteiger partial charge in [-0.25, -0.2) is 0 Å². The lowest BCUT2D eigenvalue weighted by Gasteiger charge is -2.18. The molecule has 0 saturated heterocycles. The lowest BCUT2D eigenvalue weighted by Crippen LogP contribution is -2.30. The number of carbonyl (C=O) groups is 3. The molecule has 0 rings (SSSR count). The van der Waals surface area contributed by atoms with Crippen molar-refractivity contribution in [2.45, 2.75) is 348 Å². The smallest absolute Gasteiger partial charge is 0.306 e. The molecule has 0 saturated carbocycles. The minimum Gasteiger partial charge on any atom is -0.462 e. The molecule has 75 heavy (non-hydrogen) atoms. The highest BCUT2D eigenvalue weighted by molar-refractivity contribution is 5.71. The van der Waals surface area contributed by atoms with Gasteiger partial charge in [0.2, 0.25) is 0 Å². The van der Waals surface area contributed by atoms with Gasteiger partial charge in [-0.1, -0.05) is 293 Å². The van der Waals surface area contributed by atoms with Crippen LogP contribution in [-0.4, -0.2) is 37.2 Å². The van der Waals surface area contributed by atoms with Gasteiger partial charge in [0, 0.05) is 19.3 Å². The van der Waals surface area contributed by atoms with E-state index in [0.717, 1.165) is 77.0 Å². The molecular formula is C69H124O6. The topological polar surface area (TPSA) is 78.9 Å². The molecule has 0 N–H and O–H groups in total. The SMILES string of the molecule is CCCCCCC/C=C\C/C=C\C/C=C\CCCCCCCCCCCCC(=O)OCC(COC(=O)CCCCCCCCC)OC(=O)CCCCCCCCCCCCCCC/C=C\C/C=C\CCCCCCC. The molecule has 0 aliphatic carbocycles. The molecule has 0 amide bonds. The molecule has 6 nitrogen and oxygen atoms in total. The molecule has 0 aromatic heterocycles. The molecule has 0 aliphatic rings. The van der Waals surface area contributed by atoms with Gasteiger partial charge in [-0.05, 0) is 89.9 Å². The van der Waals surface area contributed by atoms with Gasteiger partial charge >= 0.3 is 17.9 Å². The Kier molecular flexibility index (Phi) is 61.2. The Morgan fingerprint density at radius 1 is 0.267 bits per heavy atom. The monoisotopic (exact) mass is 1050 g/mol. The number of hydrogen-bond donors (Lipinski definition) is 0. The first-order valence-electron chi connectivity index (χ1n) is 32.8. The molecule has 0 spiro atoms. The predicted molar refractivity (Wildman–Crippen MR) is 325 cm³/mol. The molecule has 6 heteroatoms. The maximum Gasteiger partial charge on any atom is 0.306 e. The van der Waals surface area contributed by atoms with Gasteiger partial charge in [-0.15, -0.1) is 0 Å². The number of rotatable bonds is 60. The van der Waals surface area contributed by atoms with E-state index in [4.69, 9.17) is 14.2 Å². The zero-order valence-corrected chi connectivity index (χ0v) is 50.1. The van der Waals surface area contributed by atoms with Crippen molar-refractivity contribution in [3.8, 4) is 0 Å². The highest BCUT2D eigenvalue weighted by Gasteiger charge is 2.19. The Morgan fingerprint density at radius 3 is 0.747 bits per heavy atom. The van der Waals surface area contributed by atoms with E-state index in [1.54, 1.807) is 0 Å². The van der Waals surface area contributed by atoms with Crippen molar-refractivity contribution in [2.24, 2.45) is 0 Å². The summed E-state index contributed by atoms with van der Waals surface area (Å²) in [5, 5.41) is 0. The summed E-state index contributed by atoms with van der Waals surface area (Å²) in [5.74, 6) is -0.868. The summed E-state index contributed by atoms with van der Waals surface area (Å²) in [6, 6.07) is 0. The Bertz CT molecular complexity index is 1340. The third-order valence-corrected chi connectivity index (χ3v) is 14.5. The third kappa shape index (κ3) is 61.8. The van der Waals surface area contributed by atoms with Gasteiger partial charge < -0.3 is 14.2 Å². The van der Waals surface area contributed by atoms with Gasteiger partial charge in [0.25, 0.3) is 0 Å². The van der Waals surface area contributed by atoms with Crippen LogP contribution in [0, 0.1) is 0 Å². The quantitative estimate of drug-likeness (QED) is 0.0261. The van der Waals surface area contributed by atoms with Crippen LogP contribution in [0.1, 0.15) is 342 Å². The minimum atomic E-state index is -0.773. The number of ether oxygens (including phenoxy) is 3. The normalized spacial score (nSPS) is 12.4. The summed E-state index contributed by atoms with van der Waals surface area (Å²) < 4.78 is 16.9. The summed E-state index contributed by atoms with van der Waals surface area (Å²) in [5.41, 5.74) is 0. The van der Waals surface area contributed by atoms with Gasteiger partial charge in [0.15, 0.2) is 6.10 Å². The van der Waals surface area contributed by atoms with Gasteiger partial charge in [-0.2, -0.15) is 0 Å². The fraction of sp³-hybridized carbons (Fsp3) is 0.812. The summed E-state index contributed by atoms with van der Waals surface area (Å²) >= 11 is 0. The van der Waals surface area contributed by atoms with Crippen LogP contribution in [0.3, 0.4) is 0 Å². The molecule has 1 atom stereocenters. The van der Waals surface area contributed by atoms with Gasteiger partial charge in [-0.3, -0.25) is 14.4 Å². The van der Waals surface area contributed by atoms with Crippen LogP contribution in [0.5, 0.6) is 0 Å². The fourth-order valence-corrected chi connectivity index (χ4v) is 9.54. The van der Waals surface area contributed by atoms with E-state index in [2.05, 4.69) is 81.5 Å². The maximum absolute atomic E-state index is 12.9. The zero-order chi connectivity index (χ0) is 54.3. The van der Waals surface area contributed by atoms with Crippen LogP contribution < -0.4 is 0 Å². The van der Waals surface area contributed by atoms with Crippen molar-refractivity contribution < 1.29 is 28.6 Å². The van der Waals surface area contributed by atoms with E-state index in [-0.39, 0.29) is 31.1 Å². The van der Waals surface area contributed by atoms with Crippen molar-refractivity contribution in [2.75, 3.05) is 13.2 Å². The number of unbranched alkanes of at least 4 members (excludes halogenated alkanes) is 39. The Labute approximate surface area is 466 Å². The number of hydrogen-bond acceptors (Lipinski definition) is 6. The van der Waals surface area contributed by atoms with E-state index in [0.29, 0.717) is 19.3 Å². The third-order valence-electron chi connectivity index (χ3n) is 14.5. The first-order chi connectivity index (χ1) is 37.0. The average molecular weight is 1050 g/mol. The predicted octanol–water partition coefficient (Wildman–Crippen LogP) is 22.3. The number of carbonyl (C=O) groups excluding carboxylic acids is 3. The molecule has 0 aliphatic heterocycles. The van der Waals surface area contributed by atoms with Crippen molar-refractivity contribution in [1.82, 2.24) is 0 Å². The van der Waals surface area contributed by atoms with Crippen molar-refractivity contribution in [1.29, 1.82) is 0 Å². The lowest BCUT2D eigenvalue weighted by molar-refractivity contribution is -0.167. The van der Waals surface area contributed by atoms with E-state index in [9.17, 15) is 14.4 Å². The van der Waals surface area contributed by atoms with E-state index in [1.165, 1.54) is 225 Å². The van der Waals surface area contributed by atoms with Crippen LogP contribution in [0.2, 0.25) is 0 Å². The Hall–Kier alpha value is -2.89. The van der Waals surface area contributed by atoms with Gasteiger partial charge in [0.05, 0.1) is 0 Å². The second-order valence-electron chi connectivity index (χ2n) is 22.0. The molecular weight excluding hydrogens is 925 g/mol. The molecule has 0 aromatic rings. The van der Waals surface area contributed by atoms with E-state index < -0.39 is 6.10 Å². The van der Waals surface area contributed by atoms with Crippen LogP contribution >= 0.6 is 0 Å². The van der Waals surface area contributed by atoms with Crippen LogP contribution in [0.4, 0.5) is 0 Å². The molecule has 436 valence electrons. The highest BCUT2D eigenvalue weighted by atomic mass is 16.6. The first kappa shape index (κ1) is 72.1. The summed E-state index contributed by atoms with van der Waals surface area (Å²) in [6.07, 6.45) is 81.1. The van der Waals surface area contributed by atoms with Gasteiger partial charge in [0.1, 0.15) is 13.2 Å². The second-order valence-corrected chi connectivity index (χ2v) is 22.0. The van der Waals surface area contributed by atoms with Crippen molar-refractivity contribution in [3.63, 3.8) is 0 Å². The number of allylic oxidation sites excluding steroid dienone is 10. The molecule has 0 fully saturated rings. The molecule has 0 bridgehead atoms. The lowest BCUT2D eigenvalue weighted by atomic mass is 10.0. The molecule has 1 unspecified atom stereocenters. The molecule has 0 radical (unpaired) electrons. The number of esters is 3. The van der Waals surface area contributed by atoms with Crippen molar-refractivity contribution >= 4 is 17.9 Å². The highest BCUT2D eigenvalue weighted by Crippen LogP contribution is 2.17. The summed E-state index contributed by atoms with van der Waals surface area (Å²) in [7, 11) is 0. The van der Waals surface area contributed by atoms with E-state index in [1.807, 2.05) is 0 Å². The fourth-order valence-electron chi connectivity index (χ4n) is 9.54. The van der Waals surface area contributed by atoms with Crippen LogP contribution in [0.15, 0.2) is 60.8 Å². The first-order valence-corrected chi connectivity index (χ1v) is 32.8. The molecule has 0 aromatic carbocycles. The largest absolute Gasteiger partial charge is 0.462 e. The second kappa shape index (κ2) is 63.6. The Balaban J connectivity index is 4.12. The Morgan fingerprint density at radius 2 is 0.480 bits per heavy atom. The minimum absolute atomic E-state index is 0.0731. The van der Waals surface area contributed by atoms with Crippen molar-refractivity contribution in [3.05, 3.63) is 60.8 Å². The summed E-state index contributed by atoms with van der Waals surface area (Å²) in [6.45, 7) is 6.61.